The van der Waals surface area contributed by atoms with Gasteiger partial charge in [-0.15, -0.1) is 0 Å². The third kappa shape index (κ3) is 5.42. The summed E-state index contributed by atoms with van der Waals surface area (Å²) in [4.78, 5) is 25.3. The van der Waals surface area contributed by atoms with Gasteiger partial charge in [0.1, 0.15) is 0 Å². The molecular formula is C18H19ClN2O2. The van der Waals surface area contributed by atoms with Gasteiger partial charge in [0.05, 0.1) is 0 Å². The number of nitrogens with zero attached hydrogens (tertiary/aromatic N) is 1. The molecule has 0 radical (unpaired) electrons. The van der Waals surface area contributed by atoms with E-state index in [0.29, 0.717) is 18.1 Å². The molecule has 23 heavy (non-hydrogen) atoms. The Bertz CT molecular complexity index is 656. The Morgan fingerprint density at radius 2 is 1.70 bits per heavy atom. The van der Waals surface area contributed by atoms with Crippen LogP contribution in [0, 0.1) is 0 Å². The summed E-state index contributed by atoms with van der Waals surface area (Å²) in [6, 6.07) is 16.6. The Hall–Kier alpha value is -2.33. The van der Waals surface area contributed by atoms with Crippen LogP contribution in [0.25, 0.3) is 0 Å². The van der Waals surface area contributed by atoms with E-state index < -0.39 is 0 Å². The predicted octanol–water partition coefficient (Wildman–Crippen LogP) is 3.40. The minimum absolute atomic E-state index is 0.0818. The first-order chi connectivity index (χ1) is 11.1. The number of para-hydroxylation sites is 1. The molecule has 0 saturated heterocycles. The lowest BCUT2D eigenvalue weighted by Gasteiger charge is -2.20. The first kappa shape index (κ1) is 17.0. The van der Waals surface area contributed by atoms with Gasteiger partial charge in [-0.2, -0.15) is 0 Å². The van der Waals surface area contributed by atoms with E-state index >= 15 is 0 Å². The largest absolute Gasteiger partial charge is 0.352 e. The molecule has 4 nitrogen and oxygen atoms in total. The van der Waals surface area contributed by atoms with Crippen molar-refractivity contribution in [1.82, 2.24) is 5.32 Å². The molecule has 0 aliphatic heterocycles. The summed E-state index contributed by atoms with van der Waals surface area (Å²) < 4.78 is 0. The molecule has 0 aliphatic rings. The number of hydrogen-bond acceptors (Lipinski definition) is 2. The third-order valence-electron chi connectivity index (χ3n) is 3.41. The summed E-state index contributed by atoms with van der Waals surface area (Å²) in [5.74, 6) is -0.177. The number of benzene rings is 2. The van der Waals surface area contributed by atoms with E-state index in [1.807, 2.05) is 42.5 Å². The van der Waals surface area contributed by atoms with Crippen molar-refractivity contribution >= 4 is 29.1 Å². The summed E-state index contributed by atoms with van der Waals surface area (Å²) in [5.41, 5.74) is 1.78. The molecule has 0 heterocycles. The molecule has 120 valence electrons. The van der Waals surface area contributed by atoms with Gasteiger partial charge in [-0.25, -0.2) is 0 Å². The van der Waals surface area contributed by atoms with Crippen molar-refractivity contribution in [2.24, 2.45) is 0 Å². The van der Waals surface area contributed by atoms with Gasteiger partial charge < -0.3 is 10.2 Å². The van der Waals surface area contributed by atoms with E-state index in [4.69, 9.17) is 11.6 Å². The van der Waals surface area contributed by atoms with Crippen LogP contribution in [0.4, 0.5) is 5.69 Å². The van der Waals surface area contributed by atoms with Crippen molar-refractivity contribution in [3.05, 3.63) is 65.2 Å². The molecule has 0 saturated carbocycles. The zero-order chi connectivity index (χ0) is 16.7. The van der Waals surface area contributed by atoms with Gasteiger partial charge in [-0.05, 0) is 29.8 Å². The Labute approximate surface area is 141 Å². The molecule has 0 bridgehead atoms. The minimum atomic E-state index is -0.0952. The highest BCUT2D eigenvalue weighted by molar-refractivity contribution is 6.30. The van der Waals surface area contributed by atoms with Crippen molar-refractivity contribution in [3.8, 4) is 0 Å². The molecule has 2 aromatic carbocycles. The zero-order valence-electron chi connectivity index (χ0n) is 13.0. The van der Waals surface area contributed by atoms with Gasteiger partial charge in [0.2, 0.25) is 11.8 Å². The maximum Gasteiger partial charge on any atom is 0.223 e. The highest BCUT2D eigenvalue weighted by Crippen LogP contribution is 2.14. The molecule has 2 rings (SSSR count). The van der Waals surface area contributed by atoms with Crippen molar-refractivity contribution < 1.29 is 9.59 Å². The standard InChI is InChI=1S/C18H19ClN2O2/c1-14(22)21(17-5-3-2-4-6-17)12-11-18(23)20-13-15-7-9-16(19)10-8-15/h2-10H,11-13H2,1H3,(H,20,23). The van der Waals surface area contributed by atoms with E-state index in [1.54, 1.807) is 17.0 Å². The lowest BCUT2D eigenvalue weighted by molar-refractivity contribution is -0.121. The average molecular weight is 331 g/mol. The van der Waals surface area contributed by atoms with Crippen LogP contribution in [0.2, 0.25) is 5.02 Å². The number of anilines is 1. The smallest absolute Gasteiger partial charge is 0.223 e. The Morgan fingerprint density at radius 1 is 1.04 bits per heavy atom. The summed E-state index contributed by atoms with van der Waals surface area (Å²) >= 11 is 5.82. The van der Waals surface area contributed by atoms with Crippen LogP contribution in [-0.4, -0.2) is 18.4 Å². The normalized spacial score (nSPS) is 10.2. The molecule has 0 spiro atoms. The van der Waals surface area contributed by atoms with Crippen LogP contribution < -0.4 is 10.2 Å². The molecule has 0 aromatic heterocycles. The van der Waals surface area contributed by atoms with Gasteiger partial charge >= 0.3 is 0 Å². The molecule has 0 aliphatic carbocycles. The van der Waals surface area contributed by atoms with Crippen LogP contribution >= 0.6 is 11.6 Å². The van der Waals surface area contributed by atoms with E-state index in [1.165, 1.54) is 6.92 Å². The van der Waals surface area contributed by atoms with E-state index in [-0.39, 0.29) is 18.2 Å². The number of hydrogen-bond donors (Lipinski definition) is 1. The lowest BCUT2D eigenvalue weighted by atomic mass is 10.2. The summed E-state index contributed by atoms with van der Waals surface area (Å²) in [7, 11) is 0. The number of nitrogens with one attached hydrogen (secondary N) is 1. The third-order valence-corrected chi connectivity index (χ3v) is 3.67. The van der Waals surface area contributed by atoms with Gasteiger partial charge in [0.25, 0.3) is 0 Å². The quantitative estimate of drug-likeness (QED) is 0.882. The topological polar surface area (TPSA) is 49.4 Å². The fourth-order valence-electron chi connectivity index (χ4n) is 2.18. The number of amides is 2. The van der Waals surface area contributed by atoms with Crippen LogP contribution in [-0.2, 0) is 16.1 Å². The van der Waals surface area contributed by atoms with Gasteiger partial charge in [0.15, 0.2) is 0 Å². The van der Waals surface area contributed by atoms with Gasteiger partial charge in [-0.3, -0.25) is 9.59 Å². The highest BCUT2D eigenvalue weighted by atomic mass is 35.5. The number of rotatable bonds is 6. The molecule has 0 atom stereocenters. The first-order valence-electron chi connectivity index (χ1n) is 7.40. The van der Waals surface area contributed by atoms with Crippen molar-refractivity contribution in [2.75, 3.05) is 11.4 Å². The Kier molecular flexibility index (Phi) is 6.18. The maximum atomic E-state index is 12.0. The first-order valence-corrected chi connectivity index (χ1v) is 7.78. The summed E-state index contributed by atoms with van der Waals surface area (Å²) in [6.07, 6.45) is 0.252. The minimum Gasteiger partial charge on any atom is -0.352 e. The van der Waals surface area contributed by atoms with Crippen molar-refractivity contribution in [3.63, 3.8) is 0 Å². The maximum absolute atomic E-state index is 12.0. The van der Waals surface area contributed by atoms with Crippen LogP contribution in [0.15, 0.2) is 54.6 Å². The predicted molar refractivity (Wildman–Crippen MR) is 92.4 cm³/mol. The van der Waals surface area contributed by atoms with Crippen molar-refractivity contribution in [1.29, 1.82) is 0 Å². The fourth-order valence-corrected chi connectivity index (χ4v) is 2.31. The summed E-state index contributed by atoms with van der Waals surface area (Å²) in [5, 5.41) is 3.51. The lowest BCUT2D eigenvalue weighted by Crippen LogP contribution is -2.33. The zero-order valence-corrected chi connectivity index (χ0v) is 13.7. The molecule has 2 aromatic rings. The molecule has 0 unspecified atom stereocenters. The van der Waals surface area contributed by atoms with E-state index in [2.05, 4.69) is 5.32 Å². The number of halogens is 1. The SMILES string of the molecule is CC(=O)N(CCC(=O)NCc1ccc(Cl)cc1)c1ccccc1. The Balaban J connectivity index is 1.84. The summed E-state index contributed by atoms with van der Waals surface area (Å²) in [6.45, 7) is 2.30. The number of carbonyl (C=O) groups excluding carboxylic acids is 2. The van der Waals surface area contributed by atoms with E-state index in [0.717, 1.165) is 11.3 Å². The van der Waals surface area contributed by atoms with Crippen LogP contribution in [0.5, 0.6) is 0 Å². The molecule has 0 fully saturated rings. The molecular weight excluding hydrogens is 312 g/mol. The van der Waals surface area contributed by atoms with Crippen molar-refractivity contribution in [2.45, 2.75) is 19.9 Å². The fraction of sp³-hybridized carbons (Fsp3) is 0.222. The number of carbonyl (C=O) groups is 2. The van der Waals surface area contributed by atoms with Crippen LogP contribution in [0.3, 0.4) is 0 Å². The van der Waals surface area contributed by atoms with Gasteiger partial charge in [0, 0.05) is 37.1 Å². The second-order valence-corrected chi connectivity index (χ2v) is 5.60. The highest BCUT2D eigenvalue weighted by Gasteiger charge is 2.12. The van der Waals surface area contributed by atoms with Gasteiger partial charge in [-0.1, -0.05) is 41.9 Å². The molecule has 5 heteroatoms. The molecule has 2 amide bonds. The second kappa shape index (κ2) is 8.34. The average Bonchev–Trinajstić information content (AvgIpc) is 2.55. The van der Waals surface area contributed by atoms with E-state index in [9.17, 15) is 9.59 Å². The molecule has 1 N–H and O–H groups in total. The van der Waals surface area contributed by atoms with Crippen LogP contribution in [0.1, 0.15) is 18.9 Å². The second-order valence-electron chi connectivity index (χ2n) is 5.16. The Morgan fingerprint density at radius 3 is 2.30 bits per heavy atom. The monoisotopic (exact) mass is 330 g/mol.